The molecule has 5 heteroatoms. The van der Waals surface area contributed by atoms with E-state index in [1.807, 2.05) is 32.0 Å². The Labute approximate surface area is 135 Å². The van der Waals surface area contributed by atoms with E-state index in [9.17, 15) is 4.79 Å². The molecule has 2 aromatic heterocycles. The van der Waals surface area contributed by atoms with Crippen LogP contribution < -0.4 is 0 Å². The lowest BCUT2D eigenvalue weighted by atomic mass is 10.1. The molecule has 1 atom stereocenters. The van der Waals surface area contributed by atoms with Gasteiger partial charge in [0.1, 0.15) is 12.0 Å². The Hall–Kier alpha value is -2.69. The standard InChI is InChI=1S/C18H20N4O/c1-11-5-6-16-14(9-11)12(2)17(21-16)18(23)22(4)13(3)15-7-8-19-10-20-15/h5-10,13,21H,1-4H3/t13-/m0/s1. The van der Waals surface area contributed by atoms with Crippen LogP contribution in [0, 0.1) is 13.8 Å². The van der Waals surface area contributed by atoms with Gasteiger partial charge in [0, 0.05) is 24.1 Å². The number of carbonyl (C=O) groups is 1. The summed E-state index contributed by atoms with van der Waals surface area (Å²) in [5, 5.41) is 1.09. The summed E-state index contributed by atoms with van der Waals surface area (Å²) >= 11 is 0. The van der Waals surface area contributed by atoms with Gasteiger partial charge in [0.15, 0.2) is 0 Å². The highest BCUT2D eigenvalue weighted by molar-refractivity contribution is 6.01. The third-order valence-electron chi connectivity index (χ3n) is 4.36. The van der Waals surface area contributed by atoms with Gasteiger partial charge in [-0.2, -0.15) is 0 Å². The fraction of sp³-hybridized carbons (Fsp3) is 0.278. The molecule has 0 saturated heterocycles. The van der Waals surface area contributed by atoms with E-state index in [4.69, 9.17) is 0 Å². The third kappa shape index (κ3) is 2.70. The maximum absolute atomic E-state index is 12.9. The largest absolute Gasteiger partial charge is 0.350 e. The van der Waals surface area contributed by atoms with Crippen molar-refractivity contribution in [3.8, 4) is 0 Å². The number of aromatic amines is 1. The SMILES string of the molecule is Cc1ccc2[nH]c(C(=O)N(C)[C@@H](C)c3ccncn3)c(C)c2c1. The fourth-order valence-electron chi connectivity index (χ4n) is 2.75. The lowest BCUT2D eigenvalue weighted by molar-refractivity contribution is 0.0734. The van der Waals surface area contributed by atoms with Crippen LogP contribution in [0.15, 0.2) is 36.8 Å². The molecule has 0 aliphatic carbocycles. The molecule has 0 saturated carbocycles. The number of fused-ring (bicyclic) bond motifs is 1. The number of amides is 1. The second kappa shape index (κ2) is 5.83. The van der Waals surface area contributed by atoms with Crippen molar-refractivity contribution in [3.05, 3.63) is 59.3 Å². The summed E-state index contributed by atoms with van der Waals surface area (Å²) in [6, 6.07) is 7.86. The molecule has 118 valence electrons. The smallest absolute Gasteiger partial charge is 0.270 e. The molecule has 0 unspecified atom stereocenters. The molecular weight excluding hydrogens is 288 g/mol. The summed E-state index contributed by atoms with van der Waals surface area (Å²) in [6.45, 7) is 5.99. The van der Waals surface area contributed by atoms with E-state index < -0.39 is 0 Å². The molecule has 3 aromatic rings. The van der Waals surface area contributed by atoms with Crippen molar-refractivity contribution in [3.63, 3.8) is 0 Å². The highest BCUT2D eigenvalue weighted by Crippen LogP contribution is 2.25. The second-order valence-electron chi connectivity index (χ2n) is 5.90. The minimum atomic E-state index is -0.127. The Bertz CT molecular complexity index is 854. The number of aryl methyl sites for hydroxylation is 2. The predicted octanol–water partition coefficient (Wildman–Crippen LogP) is 3.41. The molecule has 5 nitrogen and oxygen atoms in total. The normalized spacial score (nSPS) is 12.3. The zero-order valence-corrected chi connectivity index (χ0v) is 13.8. The number of H-pyrrole nitrogens is 1. The Morgan fingerprint density at radius 3 is 2.74 bits per heavy atom. The van der Waals surface area contributed by atoms with E-state index in [2.05, 4.69) is 27.9 Å². The zero-order valence-electron chi connectivity index (χ0n) is 13.8. The monoisotopic (exact) mass is 308 g/mol. The van der Waals surface area contributed by atoms with Gasteiger partial charge in [0.2, 0.25) is 0 Å². The molecule has 0 aliphatic rings. The predicted molar refractivity (Wildman–Crippen MR) is 90.3 cm³/mol. The van der Waals surface area contributed by atoms with Gasteiger partial charge in [-0.25, -0.2) is 9.97 Å². The lowest BCUT2D eigenvalue weighted by Gasteiger charge is -2.24. The van der Waals surface area contributed by atoms with Crippen LogP contribution in [0.5, 0.6) is 0 Å². The highest BCUT2D eigenvalue weighted by atomic mass is 16.2. The molecule has 2 heterocycles. The van der Waals surface area contributed by atoms with E-state index in [0.717, 1.165) is 22.2 Å². The van der Waals surface area contributed by atoms with Crippen LogP contribution in [0.3, 0.4) is 0 Å². The number of hydrogen-bond donors (Lipinski definition) is 1. The van der Waals surface area contributed by atoms with Crippen molar-refractivity contribution in [1.82, 2.24) is 19.9 Å². The van der Waals surface area contributed by atoms with Crippen molar-refractivity contribution >= 4 is 16.8 Å². The minimum absolute atomic E-state index is 0.0394. The summed E-state index contributed by atoms with van der Waals surface area (Å²) in [4.78, 5) is 26.0. The van der Waals surface area contributed by atoms with E-state index >= 15 is 0 Å². The quantitative estimate of drug-likeness (QED) is 0.806. The summed E-state index contributed by atoms with van der Waals surface area (Å²) in [7, 11) is 1.80. The fourth-order valence-corrected chi connectivity index (χ4v) is 2.75. The van der Waals surface area contributed by atoms with Crippen molar-refractivity contribution in [2.45, 2.75) is 26.8 Å². The number of nitrogens with one attached hydrogen (secondary N) is 1. The van der Waals surface area contributed by atoms with Crippen LogP contribution in [0.25, 0.3) is 10.9 Å². The second-order valence-corrected chi connectivity index (χ2v) is 5.90. The molecule has 0 fully saturated rings. The van der Waals surface area contributed by atoms with Crippen LogP contribution >= 0.6 is 0 Å². The van der Waals surface area contributed by atoms with Gasteiger partial charge in [-0.15, -0.1) is 0 Å². The molecule has 1 amide bonds. The highest BCUT2D eigenvalue weighted by Gasteiger charge is 2.23. The topological polar surface area (TPSA) is 61.9 Å². The van der Waals surface area contributed by atoms with Gasteiger partial charge in [-0.3, -0.25) is 4.79 Å². The number of hydrogen-bond acceptors (Lipinski definition) is 3. The van der Waals surface area contributed by atoms with E-state index in [1.54, 1.807) is 18.1 Å². The van der Waals surface area contributed by atoms with Crippen molar-refractivity contribution in [2.75, 3.05) is 7.05 Å². The number of nitrogens with zero attached hydrogens (tertiary/aromatic N) is 3. The molecule has 23 heavy (non-hydrogen) atoms. The summed E-state index contributed by atoms with van der Waals surface area (Å²) in [5.74, 6) is -0.0394. The number of rotatable bonds is 3. The molecule has 0 spiro atoms. The molecular formula is C18H20N4O. The van der Waals surface area contributed by atoms with Gasteiger partial charge >= 0.3 is 0 Å². The zero-order chi connectivity index (χ0) is 16.6. The lowest BCUT2D eigenvalue weighted by Crippen LogP contribution is -2.30. The van der Waals surface area contributed by atoms with Crippen molar-refractivity contribution < 1.29 is 4.79 Å². The first kappa shape index (κ1) is 15.2. The van der Waals surface area contributed by atoms with E-state index in [1.165, 1.54) is 11.9 Å². The summed E-state index contributed by atoms with van der Waals surface area (Å²) < 4.78 is 0. The Balaban J connectivity index is 1.95. The van der Waals surface area contributed by atoms with Crippen molar-refractivity contribution in [2.24, 2.45) is 0 Å². The average Bonchev–Trinajstić information content (AvgIpc) is 2.90. The van der Waals surface area contributed by atoms with Gasteiger partial charge < -0.3 is 9.88 Å². The van der Waals surface area contributed by atoms with Crippen LogP contribution in [0.2, 0.25) is 0 Å². The van der Waals surface area contributed by atoms with Gasteiger partial charge in [0.05, 0.1) is 11.7 Å². The first-order valence-electron chi connectivity index (χ1n) is 7.61. The number of benzene rings is 1. The van der Waals surface area contributed by atoms with E-state index in [-0.39, 0.29) is 11.9 Å². The molecule has 3 rings (SSSR count). The van der Waals surface area contributed by atoms with Crippen LogP contribution in [0.1, 0.15) is 40.3 Å². The first-order valence-corrected chi connectivity index (χ1v) is 7.61. The Kier molecular flexibility index (Phi) is 3.86. The van der Waals surface area contributed by atoms with Gasteiger partial charge in [0.25, 0.3) is 5.91 Å². The average molecular weight is 308 g/mol. The number of aromatic nitrogens is 3. The minimum Gasteiger partial charge on any atom is -0.350 e. The Morgan fingerprint density at radius 1 is 1.26 bits per heavy atom. The molecule has 0 radical (unpaired) electrons. The third-order valence-corrected chi connectivity index (χ3v) is 4.36. The summed E-state index contributed by atoms with van der Waals surface area (Å²) in [5.41, 5.74) is 4.60. The molecule has 0 aliphatic heterocycles. The first-order chi connectivity index (χ1) is 11.0. The maximum Gasteiger partial charge on any atom is 0.270 e. The van der Waals surface area contributed by atoms with Gasteiger partial charge in [-0.1, -0.05) is 11.6 Å². The summed E-state index contributed by atoms with van der Waals surface area (Å²) in [6.07, 6.45) is 3.19. The number of carbonyl (C=O) groups excluding carboxylic acids is 1. The van der Waals surface area contributed by atoms with Crippen LogP contribution in [-0.2, 0) is 0 Å². The van der Waals surface area contributed by atoms with E-state index in [0.29, 0.717) is 5.69 Å². The van der Waals surface area contributed by atoms with Crippen LogP contribution in [-0.4, -0.2) is 32.8 Å². The van der Waals surface area contributed by atoms with Crippen molar-refractivity contribution in [1.29, 1.82) is 0 Å². The van der Waals surface area contributed by atoms with Crippen LogP contribution in [0.4, 0.5) is 0 Å². The molecule has 1 aromatic carbocycles. The maximum atomic E-state index is 12.9. The molecule has 1 N–H and O–H groups in total. The van der Waals surface area contributed by atoms with Gasteiger partial charge in [-0.05, 0) is 44.5 Å². The Morgan fingerprint density at radius 2 is 2.04 bits per heavy atom. The molecule has 0 bridgehead atoms.